The third-order valence-electron chi connectivity index (χ3n) is 3.76. The van der Waals surface area contributed by atoms with Crippen LogP contribution in [0.25, 0.3) is 0 Å². The third kappa shape index (κ3) is 5.64. The van der Waals surface area contributed by atoms with E-state index < -0.39 is 11.2 Å². The van der Waals surface area contributed by atoms with E-state index in [-0.39, 0.29) is 5.91 Å². The number of carbonyl (C=O) groups excluding carboxylic acids is 1. The van der Waals surface area contributed by atoms with Gasteiger partial charge in [0.15, 0.2) is 0 Å². The molecule has 0 aliphatic heterocycles. The number of carboxylic acids is 1. The highest BCUT2D eigenvalue weighted by molar-refractivity contribution is 8.00. The maximum Gasteiger partial charge on any atom is 0.316 e. The number of hydrogen-bond acceptors (Lipinski definition) is 3. The summed E-state index contributed by atoms with van der Waals surface area (Å²) < 4.78 is 0. The molecule has 132 valence electrons. The molecule has 0 bridgehead atoms. The molecule has 2 aromatic rings. The molecular weight excluding hydrogens is 334 g/mol. The lowest BCUT2D eigenvalue weighted by atomic mass is 10.1. The van der Waals surface area contributed by atoms with Gasteiger partial charge in [0.2, 0.25) is 0 Å². The summed E-state index contributed by atoms with van der Waals surface area (Å²) >= 11 is 1.18. The first kappa shape index (κ1) is 19.1. The Labute approximate surface area is 152 Å². The normalized spacial score (nSPS) is 11.8. The van der Waals surface area contributed by atoms with E-state index in [1.54, 1.807) is 25.1 Å². The van der Waals surface area contributed by atoms with E-state index in [0.29, 0.717) is 17.0 Å². The number of hydrogen-bond donors (Lipinski definition) is 2. The Morgan fingerprint density at radius 2 is 1.76 bits per heavy atom. The van der Waals surface area contributed by atoms with Gasteiger partial charge in [0.05, 0.1) is 5.56 Å². The second-order valence-electron chi connectivity index (χ2n) is 6.10. The molecule has 1 atom stereocenters. The molecule has 0 radical (unpaired) electrons. The molecule has 0 saturated carbocycles. The van der Waals surface area contributed by atoms with Crippen LogP contribution < -0.4 is 5.32 Å². The van der Waals surface area contributed by atoms with Crippen LogP contribution in [0, 0.1) is 13.8 Å². The molecule has 0 spiro atoms. The van der Waals surface area contributed by atoms with Crippen molar-refractivity contribution in [2.24, 2.45) is 0 Å². The Morgan fingerprint density at radius 1 is 1.12 bits per heavy atom. The number of aryl methyl sites for hydroxylation is 2. The highest BCUT2D eigenvalue weighted by Crippen LogP contribution is 2.27. The Morgan fingerprint density at radius 3 is 2.40 bits per heavy atom. The summed E-state index contributed by atoms with van der Waals surface area (Å²) in [6.07, 6.45) is 0.759. The Hall–Kier alpha value is -2.27. The van der Waals surface area contributed by atoms with Gasteiger partial charge in [0.1, 0.15) is 5.25 Å². The minimum absolute atomic E-state index is 0.176. The molecule has 0 aromatic heterocycles. The van der Waals surface area contributed by atoms with Gasteiger partial charge in [-0.05, 0) is 44.9 Å². The van der Waals surface area contributed by atoms with Crippen LogP contribution in [0.5, 0.6) is 0 Å². The van der Waals surface area contributed by atoms with Gasteiger partial charge in [0, 0.05) is 11.4 Å². The van der Waals surface area contributed by atoms with Crippen LogP contribution >= 0.6 is 11.8 Å². The first-order valence-corrected chi connectivity index (χ1v) is 9.08. The molecule has 0 fully saturated rings. The zero-order chi connectivity index (χ0) is 18.4. The standard InChI is InChI=1S/C20H23NO3S/c1-13-10-14(2)12-16(11-13)8-9-21-19(22)17-6-4-5-7-18(17)25-15(3)20(23)24/h4-7,10-12,15H,8-9H2,1-3H3,(H,21,22)(H,23,24). The van der Waals surface area contributed by atoms with Gasteiger partial charge in [0.25, 0.3) is 5.91 Å². The number of carboxylic acid groups (broad SMARTS) is 1. The van der Waals surface area contributed by atoms with Crippen molar-refractivity contribution in [2.45, 2.75) is 37.3 Å². The van der Waals surface area contributed by atoms with Gasteiger partial charge in [-0.15, -0.1) is 11.8 Å². The van der Waals surface area contributed by atoms with Crippen molar-refractivity contribution in [1.29, 1.82) is 0 Å². The van der Waals surface area contributed by atoms with Crippen LogP contribution in [0.1, 0.15) is 34.0 Å². The second-order valence-corrected chi connectivity index (χ2v) is 7.48. The van der Waals surface area contributed by atoms with Crippen molar-refractivity contribution < 1.29 is 14.7 Å². The third-order valence-corrected chi connectivity index (χ3v) is 4.93. The zero-order valence-electron chi connectivity index (χ0n) is 14.7. The van der Waals surface area contributed by atoms with Gasteiger partial charge in [-0.3, -0.25) is 9.59 Å². The first-order valence-electron chi connectivity index (χ1n) is 8.20. The van der Waals surface area contributed by atoms with E-state index in [2.05, 4.69) is 37.4 Å². The topological polar surface area (TPSA) is 66.4 Å². The van der Waals surface area contributed by atoms with Crippen LogP contribution in [0.2, 0.25) is 0 Å². The highest BCUT2D eigenvalue weighted by atomic mass is 32.2. The molecule has 25 heavy (non-hydrogen) atoms. The van der Waals surface area contributed by atoms with Gasteiger partial charge in [-0.25, -0.2) is 0 Å². The van der Waals surface area contributed by atoms with E-state index in [4.69, 9.17) is 5.11 Å². The van der Waals surface area contributed by atoms with Gasteiger partial charge < -0.3 is 10.4 Å². The summed E-state index contributed by atoms with van der Waals surface area (Å²) in [5.74, 6) is -1.07. The molecule has 2 rings (SSSR count). The van der Waals surface area contributed by atoms with Crippen LogP contribution in [-0.2, 0) is 11.2 Å². The average molecular weight is 357 g/mol. The number of nitrogens with one attached hydrogen (secondary N) is 1. The monoisotopic (exact) mass is 357 g/mol. The number of benzene rings is 2. The molecule has 0 saturated heterocycles. The maximum absolute atomic E-state index is 12.5. The molecule has 0 aliphatic rings. The number of thioether (sulfide) groups is 1. The molecule has 1 unspecified atom stereocenters. The second kappa shape index (κ2) is 8.72. The molecule has 0 aliphatic carbocycles. The lowest BCUT2D eigenvalue weighted by Gasteiger charge is -2.12. The molecular formula is C20H23NO3S. The Kier molecular flexibility index (Phi) is 6.65. The fraction of sp³-hybridized carbons (Fsp3) is 0.300. The summed E-state index contributed by atoms with van der Waals surface area (Å²) in [5, 5.41) is 11.4. The molecule has 2 N–H and O–H groups in total. The van der Waals surface area contributed by atoms with Gasteiger partial charge in [-0.2, -0.15) is 0 Å². The van der Waals surface area contributed by atoms with E-state index >= 15 is 0 Å². The number of amides is 1. The lowest BCUT2D eigenvalue weighted by molar-refractivity contribution is -0.136. The van der Waals surface area contributed by atoms with Gasteiger partial charge in [-0.1, -0.05) is 41.5 Å². The van der Waals surface area contributed by atoms with Crippen LogP contribution in [0.3, 0.4) is 0 Å². The predicted molar refractivity (Wildman–Crippen MR) is 101 cm³/mol. The van der Waals surface area contributed by atoms with Gasteiger partial charge >= 0.3 is 5.97 Å². The molecule has 4 nitrogen and oxygen atoms in total. The fourth-order valence-corrected chi connectivity index (χ4v) is 3.55. The Balaban J connectivity index is 2.00. The van der Waals surface area contributed by atoms with Crippen LogP contribution in [-0.4, -0.2) is 28.8 Å². The smallest absolute Gasteiger partial charge is 0.316 e. The number of aliphatic carboxylic acids is 1. The van der Waals surface area contributed by atoms with Crippen molar-refractivity contribution in [3.05, 3.63) is 64.7 Å². The van der Waals surface area contributed by atoms with Crippen molar-refractivity contribution in [3.8, 4) is 0 Å². The van der Waals surface area contributed by atoms with Crippen molar-refractivity contribution in [1.82, 2.24) is 5.32 Å². The fourth-order valence-electron chi connectivity index (χ4n) is 2.63. The van der Waals surface area contributed by atoms with E-state index in [9.17, 15) is 9.59 Å². The van der Waals surface area contributed by atoms with Crippen molar-refractivity contribution in [2.75, 3.05) is 6.54 Å². The van der Waals surface area contributed by atoms with Crippen molar-refractivity contribution >= 4 is 23.6 Å². The summed E-state index contributed by atoms with van der Waals surface area (Å²) in [7, 11) is 0. The lowest BCUT2D eigenvalue weighted by Crippen LogP contribution is -2.26. The summed E-state index contributed by atoms with van der Waals surface area (Å²) in [5.41, 5.74) is 4.14. The molecule has 1 amide bonds. The minimum atomic E-state index is -0.893. The largest absolute Gasteiger partial charge is 0.480 e. The SMILES string of the molecule is Cc1cc(C)cc(CCNC(=O)c2ccccc2SC(C)C(=O)O)c1. The molecule has 0 heterocycles. The summed E-state index contributed by atoms with van der Waals surface area (Å²) in [6.45, 7) is 6.27. The predicted octanol–water partition coefficient (Wildman–Crippen LogP) is 3.84. The Bertz CT molecular complexity index is 753. The maximum atomic E-state index is 12.5. The minimum Gasteiger partial charge on any atom is -0.480 e. The van der Waals surface area contributed by atoms with E-state index in [1.165, 1.54) is 28.5 Å². The number of carbonyl (C=O) groups is 2. The number of rotatable bonds is 7. The summed E-state index contributed by atoms with van der Waals surface area (Å²) in [6, 6.07) is 13.5. The molecule has 5 heteroatoms. The van der Waals surface area contributed by atoms with E-state index in [1.807, 2.05) is 6.07 Å². The first-order chi connectivity index (χ1) is 11.9. The van der Waals surface area contributed by atoms with Crippen LogP contribution in [0.4, 0.5) is 0 Å². The van der Waals surface area contributed by atoms with Crippen molar-refractivity contribution in [3.63, 3.8) is 0 Å². The quantitative estimate of drug-likeness (QED) is 0.739. The average Bonchev–Trinajstić information content (AvgIpc) is 2.54. The van der Waals surface area contributed by atoms with E-state index in [0.717, 1.165) is 6.42 Å². The highest BCUT2D eigenvalue weighted by Gasteiger charge is 2.17. The summed E-state index contributed by atoms with van der Waals surface area (Å²) in [4.78, 5) is 24.2. The zero-order valence-corrected chi connectivity index (χ0v) is 15.5. The molecule has 2 aromatic carbocycles. The van der Waals surface area contributed by atoms with Crippen LogP contribution in [0.15, 0.2) is 47.4 Å².